The van der Waals surface area contributed by atoms with Crippen LogP contribution in [0.5, 0.6) is 0 Å². The van der Waals surface area contributed by atoms with Crippen molar-refractivity contribution in [2.24, 2.45) is 0 Å². The van der Waals surface area contributed by atoms with E-state index in [1.807, 2.05) is 6.92 Å². The first-order chi connectivity index (χ1) is 12.2. The minimum Gasteiger partial charge on any atom is -0.464 e. The van der Waals surface area contributed by atoms with Gasteiger partial charge in [-0.15, -0.1) is 0 Å². The molecule has 0 fully saturated rings. The van der Waals surface area contributed by atoms with E-state index in [0.717, 1.165) is 32.1 Å². The monoisotopic (exact) mass is 354 g/mol. The maximum Gasteiger partial charge on any atom is 0.334 e. The van der Waals surface area contributed by atoms with Crippen LogP contribution in [0.15, 0.2) is 12.2 Å². The van der Waals surface area contributed by atoms with Crippen LogP contribution in [-0.4, -0.2) is 23.8 Å². The van der Waals surface area contributed by atoms with E-state index in [2.05, 4.69) is 19.1 Å². The van der Waals surface area contributed by atoms with Crippen molar-refractivity contribution >= 4 is 5.97 Å². The lowest BCUT2D eigenvalue weighted by atomic mass is 10.1. The van der Waals surface area contributed by atoms with Crippen LogP contribution in [0.4, 0.5) is 0 Å². The van der Waals surface area contributed by atoms with Gasteiger partial charge in [0, 0.05) is 0 Å². The molecule has 0 aliphatic heterocycles. The molecular formula is C22H42O3. The molecule has 0 bridgehead atoms. The van der Waals surface area contributed by atoms with Crippen molar-refractivity contribution in [1.29, 1.82) is 0 Å². The van der Waals surface area contributed by atoms with E-state index in [1.165, 1.54) is 57.8 Å². The van der Waals surface area contributed by atoms with Crippen molar-refractivity contribution in [3.05, 3.63) is 12.2 Å². The molecule has 0 aromatic heterocycles. The van der Waals surface area contributed by atoms with E-state index in [4.69, 9.17) is 4.74 Å². The number of rotatable bonds is 18. The number of carbonyl (C=O) groups is 1. The maximum atomic E-state index is 11.5. The van der Waals surface area contributed by atoms with Gasteiger partial charge in [0.2, 0.25) is 0 Å². The molecule has 0 heterocycles. The predicted octanol–water partition coefficient (Wildman–Crippen LogP) is 6.34. The van der Waals surface area contributed by atoms with Gasteiger partial charge in [-0.05, 0) is 38.5 Å². The Morgan fingerprint density at radius 2 is 1.32 bits per heavy atom. The summed E-state index contributed by atoms with van der Waals surface area (Å²) >= 11 is 0. The molecule has 0 aromatic rings. The highest BCUT2D eigenvalue weighted by molar-refractivity contribution is 5.74. The van der Waals surface area contributed by atoms with Crippen molar-refractivity contribution in [2.75, 3.05) is 6.61 Å². The molecule has 0 rings (SSSR count). The van der Waals surface area contributed by atoms with Crippen LogP contribution >= 0.6 is 0 Å². The third-order valence-corrected chi connectivity index (χ3v) is 4.50. The van der Waals surface area contributed by atoms with Gasteiger partial charge in [-0.1, -0.05) is 83.8 Å². The Balaban J connectivity index is 3.32. The SMILES string of the molecule is CCCCCCCC/C=C\CCCCCCC(O)C(=O)OCCCC. The summed E-state index contributed by atoms with van der Waals surface area (Å²) in [7, 11) is 0. The predicted molar refractivity (Wildman–Crippen MR) is 107 cm³/mol. The third-order valence-electron chi connectivity index (χ3n) is 4.50. The fourth-order valence-electron chi connectivity index (χ4n) is 2.76. The zero-order valence-corrected chi connectivity index (χ0v) is 16.8. The van der Waals surface area contributed by atoms with E-state index in [9.17, 15) is 9.90 Å². The zero-order chi connectivity index (χ0) is 18.6. The molecule has 3 nitrogen and oxygen atoms in total. The van der Waals surface area contributed by atoms with Gasteiger partial charge in [0.25, 0.3) is 0 Å². The fourth-order valence-corrected chi connectivity index (χ4v) is 2.76. The quantitative estimate of drug-likeness (QED) is 0.177. The molecule has 0 aromatic carbocycles. The molecule has 1 atom stereocenters. The molecule has 0 radical (unpaired) electrons. The average molecular weight is 355 g/mol. The molecule has 0 aliphatic rings. The van der Waals surface area contributed by atoms with Crippen molar-refractivity contribution in [1.82, 2.24) is 0 Å². The lowest BCUT2D eigenvalue weighted by Crippen LogP contribution is -2.23. The number of allylic oxidation sites excluding steroid dienone is 2. The molecular weight excluding hydrogens is 312 g/mol. The van der Waals surface area contributed by atoms with Crippen LogP contribution in [0.2, 0.25) is 0 Å². The van der Waals surface area contributed by atoms with Gasteiger partial charge < -0.3 is 9.84 Å². The summed E-state index contributed by atoms with van der Waals surface area (Å²) in [5.74, 6) is -0.453. The van der Waals surface area contributed by atoms with Gasteiger partial charge in [-0.3, -0.25) is 0 Å². The topological polar surface area (TPSA) is 46.5 Å². The van der Waals surface area contributed by atoms with Gasteiger partial charge >= 0.3 is 5.97 Å². The Morgan fingerprint density at radius 3 is 1.92 bits per heavy atom. The van der Waals surface area contributed by atoms with Crippen molar-refractivity contribution in [3.63, 3.8) is 0 Å². The number of aliphatic hydroxyl groups is 1. The van der Waals surface area contributed by atoms with E-state index >= 15 is 0 Å². The van der Waals surface area contributed by atoms with E-state index in [0.29, 0.717) is 13.0 Å². The van der Waals surface area contributed by atoms with Crippen LogP contribution in [0.1, 0.15) is 110 Å². The summed E-state index contributed by atoms with van der Waals surface area (Å²) in [5.41, 5.74) is 0. The number of carbonyl (C=O) groups excluding carboxylic acids is 1. The first-order valence-electron chi connectivity index (χ1n) is 10.7. The Kier molecular flexibility index (Phi) is 18.8. The minimum atomic E-state index is -0.936. The third kappa shape index (κ3) is 17.8. The molecule has 1 unspecified atom stereocenters. The number of ether oxygens (including phenoxy) is 1. The Hall–Kier alpha value is -0.830. The molecule has 0 saturated carbocycles. The summed E-state index contributed by atoms with van der Waals surface area (Å²) in [5, 5.41) is 9.72. The number of esters is 1. The molecule has 1 N–H and O–H groups in total. The summed E-state index contributed by atoms with van der Waals surface area (Å²) in [6.45, 7) is 4.74. The molecule has 0 aliphatic carbocycles. The fraction of sp³-hybridized carbons (Fsp3) is 0.864. The largest absolute Gasteiger partial charge is 0.464 e. The second kappa shape index (κ2) is 19.5. The number of hydrogen-bond donors (Lipinski definition) is 1. The van der Waals surface area contributed by atoms with E-state index in [-0.39, 0.29) is 0 Å². The van der Waals surface area contributed by atoms with Gasteiger partial charge in [0.05, 0.1) is 6.61 Å². The summed E-state index contributed by atoms with van der Waals surface area (Å²) in [6, 6.07) is 0. The lowest BCUT2D eigenvalue weighted by Gasteiger charge is -2.10. The first-order valence-corrected chi connectivity index (χ1v) is 10.7. The Bertz CT molecular complexity index is 312. The normalized spacial score (nSPS) is 12.6. The lowest BCUT2D eigenvalue weighted by molar-refractivity contribution is -0.154. The summed E-state index contributed by atoms with van der Waals surface area (Å²) in [4.78, 5) is 11.5. The zero-order valence-electron chi connectivity index (χ0n) is 16.8. The average Bonchev–Trinajstić information content (AvgIpc) is 2.61. The van der Waals surface area contributed by atoms with Gasteiger partial charge in [0.15, 0.2) is 6.10 Å². The highest BCUT2D eigenvalue weighted by atomic mass is 16.5. The standard InChI is InChI=1S/C22H42O3/c1-3-5-7-8-9-10-11-12-13-14-15-16-17-18-19-21(23)22(24)25-20-6-4-2/h12-13,21,23H,3-11,14-20H2,1-2H3/b13-12-. The highest BCUT2D eigenvalue weighted by Gasteiger charge is 2.15. The second-order valence-electron chi connectivity index (χ2n) is 7.06. The van der Waals surface area contributed by atoms with Gasteiger partial charge in [0.1, 0.15) is 0 Å². The second-order valence-corrected chi connectivity index (χ2v) is 7.06. The van der Waals surface area contributed by atoms with Crippen LogP contribution in [0.3, 0.4) is 0 Å². The summed E-state index contributed by atoms with van der Waals surface area (Å²) < 4.78 is 5.02. The molecule has 148 valence electrons. The van der Waals surface area contributed by atoms with Gasteiger partial charge in [-0.2, -0.15) is 0 Å². The smallest absolute Gasteiger partial charge is 0.334 e. The molecule has 3 heteroatoms. The van der Waals surface area contributed by atoms with Crippen LogP contribution in [0.25, 0.3) is 0 Å². The highest BCUT2D eigenvalue weighted by Crippen LogP contribution is 2.10. The van der Waals surface area contributed by atoms with E-state index in [1.54, 1.807) is 0 Å². The van der Waals surface area contributed by atoms with Crippen LogP contribution in [0, 0.1) is 0 Å². The molecule has 0 saturated heterocycles. The maximum absolute atomic E-state index is 11.5. The number of hydrogen-bond acceptors (Lipinski definition) is 3. The van der Waals surface area contributed by atoms with Crippen molar-refractivity contribution in [2.45, 2.75) is 116 Å². The molecule has 0 spiro atoms. The first kappa shape index (κ1) is 24.2. The van der Waals surface area contributed by atoms with Crippen molar-refractivity contribution in [3.8, 4) is 0 Å². The molecule has 25 heavy (non-hydrogen) atoms. The summed E-state index contributed by atoms with van der Waals surface area (Å²) in [6.07, 6.45) is 21.0. The Labute approximate surface area is 156 Å². The van der Waals surface area contributed by atoms with E-state index < -0.39 is 12.1 Å². The minimum absolute atomic E-state index is 0.428. The number of unbranched alkanes of at least 4 members (excludes halogenated alkanes) is 11. The Morgan fingerprint density at radius 1 is 0.800 bits per heavy atom. The number of aliphatic hydroxyl groups excluding tert-OH is 1. The van der Waals surface area contributed by atoms with Crippen LogP contribution in [-0.2, 0) is 9.53 Å². The van der Waals surface area contributed by atoms with Crippen LogP contribution < -0.4 is 0 Å². The molecule has 0 amide bonds. The van der Waals surface area contributed by atoms with Crippen molar-refractivity contribution < 1.29 is 14.6 Å². The van der Waals surface area contributed by atoms with Gasteiger partial charge in [-0.25, -0.2) is 4.79 Å².